The molecule has 4 nitrogen and oxygen atoms in total. The summed E-state index contributed by atoms with van der Waals surface area (Å²) in [4.78, 5) is 6.74. The molecule has 2 aliphatic rings. The van der Waals surface area contributed by atoms with Crippen LogP contribution < -0.4 is 10.2 Å². The number of rotatable bonds is 7. The summed E-state index contributed by atoms with van der Waals surface area (Å²) in [6, 6.07) is 2.07. The van der Waals surface area contributed by atoms with Crippen molar-refractivity contribution < 1.29 is 4.42 Å². The van der Waals surface area contributed by atoms with Gasteiger partial charge in [-0.3, -0.25) is 0 Å². The summed E-state index contributed by atoms with van der Waals surface area (Å²) in [6.45, 7) is 5.43. The molecule has 0 aromatic carbocycles. The molecular formula is C13H19N3O. The maximum atomic E-state index is 5.56. The summed E-state index contributed by atoms with van der Waals surface area (Å²) in [5.41, 5.74) is 1.00. The molecule has 4 heteroatoms. The number of anilines is 1. The van der Waals surface area contributed by atoms with Gasteiger partial charge in [0.25, 0.3) is 6.01 Å². The van der Waals surface area contributed by atoms with Crippen LogP contribution in [0.5, 0.6) is 0 Å². The number of nitrogens with one attached hydrogen (secondary N) is 1. The van der Waals surface area contributed by atoms with E-state index in [9.17, 15) is 0 Å². The van der Waals surface area contributed by atoms with Crippen molar-refractivity contribution in [2.24, 2.45) is 0 Å². The Bertz CT molecular complexity index is 393. The lowest BCUT2D eigenvalue weighted by molar-refractivity contribution is 0.536. The van der Waals surface area contributed by atoms with Gasteiger partial charge in [-0.25, -0.2) is 0 Å². The monoisotopic (exact) mass is 233 g/mol. The highest BCUT2D eigenvalue weighted by Crippen LogP contribution is 2.31. The van der Waals surface area contributed by atoms with Crippen molar-refractivity contribution in [2.75, 3.05) is 11.4 Å². The number of hydrogen-bond donors (Lipinski definition) is 1. The van der Waals surface area contributed by atoms with E-state index in [0.717, 1.165) is 24.8 Å². The molecule has 2 saturated carbocycles. The van der Waals surface area contributed by atoms with E-state index in [2.05, 4.69) is 21.8 Å². The molecule has 3 rings (SSSR count). The van der Waals surface area contributed by atoms with Crippen LogP contribution in [-0.4, -0.2) is 23.6 Å². The van der Waals surface area contributed by atoms with Gasteiger partial charge in [-0.15, -0.1) is 6.58 Å². The maximum absolute atomic E-state index is 5.56. The summed E-state index contributed by atoms with van der Waals surface area (Å²) < 4.78 is 5.56. The van der Waals surface area contributed by atoms with Crippen molar-refractivity contribution in [3.63, 3.8) is 0 Å². The zero-order valence-electron chi connectivity index (χ0n) is 10.1. The fourth-order valence-corrected chi connectivity index (χ4v) is 1.95. The Morgan fingerprint density at radius 2 is 2.29 bits per heavy atom. The van der Waals surface area contributed by atoms with E-state index in [-0.39, 0.29) is 0 Å². The van der Waals surface area contributed by atoms with E-state index in [1.165, 1.54) is 25.7 Å². The van der Waals surface area contributed by atoms with Gasteiger partial charge in [0.15, 0.2) is 0 Å². The van der Waals surface area contributed by atoms with Crippen molar-refractivity contribution in [1.29, 1.82) is 0 Å². The molecule has 0 radical (unpaired) electrons. The van der Waals surface area contributed by atoms with Gasteiger partial charge >= 0.3 is 0 Å². The average molecular weight is 233 g/mol. The Balaban J connectivity index is 1.62. The van der Waals surface area contributed by atoms with Gasteiger partial charge < -0.3 is 14.6 Å². The third kappa shape index (κ3) is 2.69. The van der Waals surface area contributed by atoms with Gasteiger partial charge in [0.1, 0.15) is 6.26 Å². The zero-order valence-corrected chi connectivity index (χ0v) is 10.1. The molecular weight excluding hydrogens is 214 g/mol. The van der Waals surface area contributed by atoms with Crippen LogP contribution in [0.1, 0.15) is 31.4 Å². The molecule has 2 aliphatic carbocycles. The van der Waals surface area contributed by atoms with E-state index in [1.807, 2.05) is 6.08 Å². The third-order valence-corrected chi connectivity index (χ3v) is 3.25. The van der Waals surface area contributed by atoms with Gasteiger partial charge in [0, 0.05) is 25.2 Å². The summed E-state index contributed by atoms with van der Waals surface area (Å²) in [6.07, 6.45) is 8.76. The van der Waals surface area contributed by atoms with E-state index < -0.39 is 0 Å². The lowest BCUT2D eigenvalue weighted by Gasteiger charge is -2.17. The smallest absolute Gasteiger partial charge is 0.298 e. The minimum absolute atomic E-state index is 0.607. The van der Waals surface area contributed by atoms with Crippen LogP contribution in [0.2, 0.25) is 0 Å². The van der Waals surface area contributed by atoms with Crippen LogP contribution >= 0.6 is 0 Å². The van der Waals surface area contributed by atoms with Crippen molar-refractivity contribution in [3.8, 4) is 0 Å². The highest BCUT2D eigenvalue weighted by Gasteiger charge is 2.31. The molecule has 1 aromatic heterocycles. The zero-order chi connectivity index (χ0) is 11.7. The number of oxazole rings is 1. The molecule has 0 amide bonds. The molecule has 0 unspecified atom stereocenters. The van der Waals surface area contributed by atoms with Gasteiger partial charge in [0.05, 0.1) is 5.69 Å². The second-order valence-electron chi connectivity index (χ2n) is 4.95. The van der Waals surface area contributed by atoms with E-state index in [4.69, 9.17) is 4.42 Å². The number of nitrogens with zero attached hydrogens (tertiary/aromatic N) is 2. The molecule has 1 heterocycles. The van der Waals surface area contributed by atoms with Gasteiger partial charge in [-0.05, 0) is 25.7 Å². The van der Waals surface area contributed by atoms with Crippen molar-refractivity contribution >= 4 is 6.01 Å². The van der Waals surface area contributed by atoms with Crippen molar-refractivity contribution in [2.45, 2.75) is 44.3 Å². The maximum Gasteiger partial charge on any atom is 0.298 e. The van der Waals surface area contributed by atoms with Gasteiger partial charge in [-0.1, -0.05) is 6.08 Å². The Kier molecular flexibility index (Phi) is 2.89. The molecule has 17 heavy (non-hydrogen) atoms. The molecule has 0 aliphatic heterocycles. The molecule has 0 bridgehead atoms. The Morgan fingerprint density at radius 1 is 1.47 bits per heavy atom. The van der Waals surface area contributed by atoms with Crippen molar-refractivity contribution in [3.05, 3.63) is 24.6 Å². The molecule has 0 atom stereocenters. The first-order valence-electron chi connectivity index (χ1n) is 6.42. The first-order chi connectivity index (χ1) is 8.36. The molecule has 92 valence electrons. The van der Waals surface area contributed by atoms with Crippen LogP contribution in [0.3, 0.4) is 0 Å². The molecule has 2 fully saturated rings. The van der Waals surface area contributed by atoms with E-state index >= 15 is 0 Å². The molecule has 0 saturated heterocycles. The highest BCUT2D eigenvalue weighted by atomic mass is 16.4. The Morgan fingerprint density at radius 3 is 2.94 bits per heavy atom. The molecule has 0 spiro atoms. The topological polar surface area (TPSA) is 41.3 Å². The summed E-state index contributed by atoms with van der Waals surface area (Å²) in [5, 5.41) is 3.44. The highest BCUT2D eigenvalue weighted by molar-refractivity contribution is 5.33. The fourth-order valence-electron chi connectivity index (χ4n) is 1.95. The Labute approximate surface area is 102 Å². The average Bonchev–Trinajstić information content (AvgIpc) is 3.23. The van der Waals surface area contributed by atoms with Crippen LogP contribution in [0.4, 0.5) is 6.01 Å². The van der Waals surface area contributed by atoms with Gasteiger partial charge in [0.2, 0.25) is 0 Å². The number of aromatic nitrogens is 1. The van der Waals surface area contributed by atoms with E-state index in [0.29, 0.717) is 12.1 Å². The summed E-state index contributed by atoms with van der Waals surface area (Å²) in [5.74, 6) is 0. The largest absolute Gasteiger partial charge is 0.432 e. The Hall–Kier alpha value is -1.29. The predicted octanol–water partition coefficient (Wildman–Crippen LogP) is 2.08. The standard InChI is InChI=1S/C13H19N3O/c1-2-7-16(12-5-6-12)13-15-11(9-17-13)8-14-10-3-4-10/h2,9-10,12,14H,1,3-8H2. The summed E-state index contributed by atoms with van der Waals surface area (Å²) in [7, 11) is 0. The minimum Gasteiger partial charge on any atom is -0.432 e. The van der Waals surface area contributed by atoms with Crippen LogP contribution in [0.25, 0.3) is 0 Å². The summed E-state index contributed by atoms with van der Waals surface area (Å²) >= 11 is 0. The minimum atomic E-state index is 0.607. The first kappa shape index (κ1) is 10.8. The molecule has 1 aromatic rings. The third-order valence-electron chi connectivity index (χ3n) is 3.25. The fraction of sp³-hybridized carbons (Fsp3) is 0.615. The first-order valence-corrected chi connectivity index (χ1v) is 6.42. The van der Waals surface area contributed by atoms with Crippen LogP contribution in [0.15, 0.2) is 23.3 Å². The molecule has 1 N–H and O–H groups in total. The van der Waals surface area contributed by atoms with Crippen molar-refractivity contribution in [1.82, 2.24) is 10.3 Å². The lowest BCUT2D eigenvalue weighted by atomic mass is 10.4. The lowest BCUT2D eigenvalue weighted by Crippen LogP contribution is -2.26. The SMILES string of the molecule is C=CCN(c1nc(CNC2CC2)co1)C1CC1. The number of hydrogen-bond acceptors (Lipinski definition) is 4. The van der Waals surface area contributed by atoms with Crippen LogP contribution in [-0.2, 0) is 6.54 Å². The van der Waals surface area contributed by atoms with Crippen LogP contribution in [0, 0.1) is 0 Å². The second kappa shape index (κ2) is 4.53. The second-order valence-corrected chi connectivity index (χ2v) is 4.95. The van der Waals surface area contributed by atoms with E-state index in [1.54, 1.807) is 6.26 Å². The predicted molar refractivity (Wildman–Crippen MR) is 66.9 cm³/mol. The normalized spacial score (nSPS) is 19.3. The van der Waals surface area contributed by atoms with Gasteiger partial charge in [-0.2, -0.15) is 4.98 Å². The quantitative estimate of drug-likeness (QED) is 0.732.